The Bertz CT molecular complexity index is 330. The predicted octanol–water partition coefficient (Wildman–Crippen LogP) is -0.654. The van der Waals surface area contributed by atoms with Crippen LogP contribution in [0.2, 0.25) is 0 Å². The average molecular weight is 260 g/mol. The maximum atomic E-state index is 11.3. The van der Waals surface area contributed by atoms with Gasteiger partial charge >= 0.3 is 35.5 Å². The molecule has 18 heavy (non-hydrogen) atoms. The van der Waals surface area contributed by atoms with Crippen molar-refractivity contribution in [2.75, 3.05) is 6.61 Å². The Labute approximate surface area is 132 Å². The summed E-state index contributed by atoms with van der Waals surface area (Å²) in [7, 11) is 0. The number of hydrogen-bond acceptors (Lipinski definition) is 3. The summed E-state index contributed by atoms with van der Waals surface area (Å²) in [5.74, 6) is -0.449. The molecule has 0 aliphatic rings. The summed E-state index contributed by atoms with van der Waals surface area (Å²) < 4.78 is 4.64. The largest absolute Gasteiger partial charge is 1.00 e. The third-order valence-corrected chi connectivity index (χ3v) is 2.25. The molecule has 0 aliphatic heterocycles. The molecule has 0 N–H and O–H groups in total. The molecule has 4 heteroatoms. The Hall–Kier alpha value is -0.510. The summed E-state index contributed by atoms with van der Waals surface area (Å²) in [6.07, 6.45) is 7.20. The van der Waals surface area contributed by atoms with Gasteiger partial charge in [-0.1, -0.05) is 44.1 Å². The van der Waals surface area contributed by atoms with E-state index < -0.39 is 5.97 Å². The number of esters is 1. The molecule has 1 atom stereocenters. The standard InChI is InChI=1S/C14H22O3.Na/c1-5-11(3)9-12(4)7-8-13(15)10-14(16)17-6-2;/h7-11,15H,5-6H2,1-4H3;/q;+1/p-1/b8-7+,12-9+,13-10-;. The fourth-order valence-electron chi connectivity index (χ4n) is 1.18. The second kappa shape index (κ2) is 11.6. The summed E-state index contributed by atoms with van der Waals surface area (Å²) in [5.41, 5.74) is 1.02. The SMILES string of the molecule is CCOC(=O)/C=C([O-])/C=C/C(C)=C/C(C)CC.[Na+]. The van der Waals surface area contributed by atoms with Gasteiger partial charge in [0.15, 0.2) is 0 Å². The van der Waals surface area contributed by atoms with E-state index in [1.807, 2.05) is 6.92 Å². The number of rotatable bonds is 6. The molecule has 0 heterocycles. The summed E-state index contributed by atoms with van der Waals surface area (Å²) in [4.78, 5) is 11.0. The molecule has 1 unspecified atom stereocenters. The molecule has 0 bridgehead atoms. The van der Waals surface area contributed by atoms with E-state index in [1.165, 1.54) is 6.08 Å². The van der Waals surface area contributed by atoms with Crippen molar-refractivity contribution in [3.05, 3.63) is 35.6 Å². The van der Waals surface area contributed by atoms with Gasteiger partial charge in [-0.15, -0.1) is 5.76 Å². The van der Waals surface area contributed by atoms with Crippen LogP contribution in [0.25, 0.3) is 0 Å². The molecular weight excluding hydrogens is 239 g/mol. The van der Waals surface area contributed by atoms with E-state index in [0.717, 1.165) is 18.1 Å². The van der Waals surface area contributed by atoms with Crippen LogP contribution in [-0.2, 0) is 9.53 Å². The molecule has 3 nitrogen and oxygen atoms in total. The molecule has 0 aliphatic carbocycles. The molecule has 0 aromatic carbocycles. The van der Waals surface area contributed by atoms with Gasteiger partial charge in [-0.05, 0) is 19.8 Å². The first-order valence-corrected chi connectivity index (χ1v) is 5.91. The normalized spacial score (nSPS) is 14.2. The third-order valence-electron chi connectivity index (χ3n) is 2.25. The topological polar surface area (TPSA) is 49.4 Å². The van der Waals surface area contributed by atoms with E-state index in [4.69, 9.17) is 0 Å². The van der Waals surface area contributed by atoms with Crippen molar-refractivity contribution in [1.29, 1.82) is 0 Å². The van der Waals surface area contributed by atoms with E-state index in [1.54, 1.807) is 13.0 Å². The Morgan fingerprint density at radius 3 is 2.44 bits per heavy atom. The number of carbonyl (C=O) groups is 1. The first-order valence-electron chi connectivity index (χ1n) is 5.91. The molecule has 0 spiro atoms. The van der Waals surface area contributed by atoms with E-state index in [9.17, 15) is 9.90 Å². The Morgan fingerprint density at radius 2 is 1.94 bits per heavy atom. The van der Waals surface area contributed by atoms with Gasteiger partial charge in [0.05, 0.1) is 6.61 Å². The molecular formula is C14H21NaO3. The smallest absolute Gasteiger partial charge is 0.872 e. The molecule has 0 radical (unpaired) electrons. The van der Waals surface area contributed by atoms with Crippen molar-refractivity contribution >= 4 is 5.97 Å². The van der Waals surface area contributed by atoms with Crippen LogP contribution < -0.4 is 34.7 Å². The van der Waals surface area contributed by atoms with Crippen LogP contribution in [0, 0.1) is 5.92 Å². The van der Waals surface area contributed by atoms with Crippen LogP contribution in [0.1, 0.15) is 34.1 Å². The van der Waals surface area contributed by atoms with Crippen molar-refractivity contribution in [3.8, 4) is 0 Å². The average Bonchev–Trinajstić information content (AvgIpc) is 2.26. The zero-order valence-corrected chi connectivity index (χ0v) is 14.0. The predicted molar refractivity (Wildman–Crippen MR) is 67.1 cm³/mol. The molecule has 0 aromatic rings. The summed E-state index contributed by atoms with van der Waals surface area (Å²) >= 11 is 0. The number of allylic oxidation sites excluding steroid dienone is 4. The second-order valence-electron chi connectivity index (χ2n) is 3.93. The minimum Gasteiger partial charge on any atom is -0.872 e. The molecule has 0 saturated heterocycles. The molecule has 0 fully saturated rings. The van der Waals surface area contributed by atoms with Crippen LogP contribution >= 0.6 is 0 Å². The number of carbonyl (C=O) groups excluding carboxylic acids is 1. The molecule has 0 rings (SSSR count). The van der Waals surface area contributed by atoms with Crippen molar-refractivity contribution in [2.24, 2.45) is 5.92 Å². The molecule has 0 aromatic heterocycles. The minimum atomic E-state index is -0.592. The summed E-state index contributed by atoms with van der Waals surface area (Å²) in [6, 6.07) is 0. The van der Waals surface area contributed by atoms with Gasteiger partial charge in [-0.3, -0.25) is 0 Å². The fraction of sp³-hybridized carbons (Fsp3) is 0.500. The van der Waals surface area contributed by atoms with Crippen molar-refractivity contribution in [2.45, 2.75) is 34.1 Å². The van der Waals surface area contributed by atoms with E-state index in [-0.39, 0.29) is 41.9 Å². The summed E-state index contributed by atoms with van der Waals surface area (Å²) in [6.45, 7) is 8.13. The maximum Gasteiger partial charge on any atom is 1.00 e. The van der Waals surface area contributed by atoms with E-state index in [0.29, 0.717) is 5.92 Å². The van der Waals surface area contributed by atoms with Crippen LogP contribution in [0.4, 0.5) is 0 Å². The third kappa shape index (κ3) is 10.6. The van der Waals surface area contributed by atoms with Crippen LogP contribution in [-0.4, -0.2) is 12.6 Å². The Kier molecular flexibility index (Phi) is 12.7. The molecule has 0 amide bonds. The summed E-state index contributed by atoms with van der Waals surface area (Å²) in [5, 5.41) is 11.3. The maximum absolute atomic E-state index is 11.3. The zero-order valence-electron chi connectivity index (χ0n) is 12.0. The van der Waals surface area contributed by atoms with E-state index in [2.05, 4.69) is 24.7 Å². The van der Waals surface area contributed by atoms with Crippen LogP contribution in [0.5, 0.6) is 0 Å². The number of ether oxygens (including phenoxy) is 1. The first-order chi connectivity index (χ1) is 7.99. The van der Waals surface area contributed by atoms with Crippen molar-refractivity contribution in [3.63, 3.8) is 0 Å². The van der Waals surface area contributed by atoms with Crippen molar-refractivity contribution < 1.29 is 44.2 Å². The van der Waals surface area contributed by atoms with Gasteiger partial charge in [0.2, 0.25) is 0 Å². The van der Waals surface area contributed by atoms with Gasteiger partial charge < -0.3 is 9.84 Å². The van der Waals surface area contributed by atoms with Crippen LogP contribution in [0.3, 0.4) is 0 Å². The van der Waals surface area contributed by atoms with Gasteiger partial charge in [-0.2, -0.15) is 0 Å². The van der Waals surface area contributed by atoms with Crippen LogP contribution in [0.15, 0.2) is 35.6 Å². The monoisotopic (exact) mass is 260 g/mol. The fourth-order valence-corrected chi connectivity index (χ4v) is 1.18. The zero-order chi connectivity index (χ0) is 13.3. The minimum absolute atomic E-state index is 0. The van der Waals surface area contributed by atoms with Crippen molar-refractivity contribution in [1.82, 2.24) is 0 Å². The van der Waals surface area contributed by atoms with Gasteiger partial charge in [-0.25, -0.2) is 4.79 Å². The van der Waals surface area contributed by atoms with Gasteiger partial charge in [0, 0.05) is 6.08 Å². The Morgan fingerprint density at radius 1 is 1.33 bits per heavy atom. The van der Waals surface area contributed by atoms with Gasteiger partial charge in [0.25, 0.3) is 0 Å². The quantitative estimate of drug-likeness (QED) is 0.210. The Balaban J connectivity index is 0. The second-order valence-corrected chi connectivity index (χ2v) is 3.93. The number of hydrogen-bond donors (Lipinski definition) is 0. The van der Waals surface area contributed by atoms with Gasteiger partial charge in [0.1, 0.15) is 0 Å². The van der Waals surface area contributed by atoms with E-state index >= 15 is 0 Å². The molecule has 96 valence electrons. The molecule has 0 saturated carbocycles. The first kappa shape index (κ1) is 19.8.